The van der Waals surface area contributed by atoms with E-state index in [1.165, 1.54) is 4.90 Å². The number of nitrogens with zero attached hydrogens (tertiary/aromatic N) is 2. The Morgan fingerprint density at radius 2 is 1.85 bits per heavy atom. The second kappa shape index (κ2) is 6.93. The summed E-state index contributed by atoms with van der Waals surface area (Å²) in [4.78, 5) is 27.4. The molecule has 1 aromatic carbocycles. The minimum atomic E-state index is -0.155. The molecular weight excluding hydrogens is 254 g/mol. The Hall–Kier alpha value is -2.04. The summed E-state index contributed by atoms with van der Waals surface area (Å²) in [6.07, 6.45) is 0.799. The summed E-state index contributed by atoms with van der Waals surface area (Å²) in [6, 6.07) is 5.26. The van der Waals surface area contributed by atoms with Crippen LogP contribution in [0.25, 0.3) is 0 Å². The lowest BCUT2D eigenvalue weighted by Crippen LogP contribution is -2.40. The fourth-order valence-corrected chi connectivity index (χ4v) is 1.95. The Balaban J connectivity index is 2.95. The van der Waals surface area contributed by atoms with Crippen LogP contribution in [0.3, 0.4) is 0 Å². The van der Waals surface area contributed by atoms with E-state index in [2.05, 4.69) is 0 Å². The zero-order valence-corrected chi connectivity index (χ0v) is 12.6. The van der Waals surface area contributed by atoms with Crippen LogP contribution in [0.2, 0.25) is 0 Å². The number of amides is 2. The lowest BCUT2D eigenvalue weighted by Gasteiger charge is -2.23. The number of aryl methyl sites for hydroxylation is 1. The van der Waals surface area contributed by atoms with Crippen LogP contribution in [0.5, 0.6) is 0 Å². The van der Waals surface area contributed by atoms with Crippen molar-refractivity contribution in [3.8, 4) is 0 Å². The van der Waals surface area contributed by atoms with Gasteiger partial charge >= 0.3 is 0 Å². The highest BCUT2D eigenvalue weighted by atomic mass is 16.2. The number of carbonyl (C=O) groups excluding carboxylic acids is 2. The molecule has 0 bridgehead atoms. The summed E-state index contributed by atoms with van der Waals surface area (Å²) in [5, 5.41) is 0. The van der Waals surface area contributed by atoms with E-state index in [-0.39, 0.29) is 18.4 Å². The number of carbonyl (C=O) groups is 2. The van der Waals surface area contributed by atoms with Crippen LogP contribution in [0, 0.1) is 6.92 Å². The first-order valence-electron chi connectivity index (χ1n) is 6.71. The molecule has 0 aliphatic rings. The summed E-state index contributed by atoms with van der Waals surface area (Å²) < 4.78 is 0. The van der Waals surface area contributed by atoms with E-state index >= 15 is 0 Å². The van der Waals surface area contributed by atoms with Gasteiger partial charge in [-0.3, -0.25) is 9.59 Å². The zero-order valence-electron chi connectivity index (χ0n) is 12.6. The number of benzene rings is 1. The van der Waals surface area contributed by atoms with Gasteiger partial charge in [0.1, 0.15) is 6.54 Å². The van der Waals surface area contributed by atoms with Crippen molar-refractivity contribution in [2.24, 2.45) is 0 Å². The minimum absolute atomic E-state index is 0.0903. The first-order valence-corrected chi connectivity index (χ1v) is 6.71. The van der Waals surface area contributed by atoms with E-state index in [4.69, 9.17) is 5.73 Å². The number of nitrogens with two attached hydrogens (primary N) is 1. The number of rotatable bonds is 5. The Labute approximate surface area is 120 Å². The highest BCUT2D eigenvalue weighted by Crippen LogP contribution is 2.14. The summed E-state index contributed by atoms with van der Waals surface area (Å²) in [7, 11) is 3.36. The van der Waals surface area contributed by atoms with Crippen molar-refractivity contribution < 1.29 is 9.59 Å². The molecule has 0 aliphatic carbocycles. The monoisotopic (exact) mass is 277 g/mol. The maximum atomic E-state index is 12.5. The lowest BCUT2D eigenvalue weighted by molar-refractivity contribution is -0.129. The van der Waals surface area contributed by atoms with Gasteiger partial charge in [0.2, 0.25) is 5.91 Å². The van der Waals surface area contributed by atoms with Crippen LogP contribution in [-0.2, 0) is 4.79 Å². The predicted molar refractivity (Wildman–Crippen MR) is 80.5 cm³/mol. The first-order chi connectivity index (χ1) is 9.35. The van der Waals surface area contributed by atoms with Crippen LogP contribution in [-0.4, -0.2) is 48.8 Å². The molecule has 1 rings (SSSR count). The van der Waals surface area contributed by atoms with E-state index in [9.17, 15) is 9.59 Å². The molecule has 5 heteroatoms. The second-order valence-corrected chi connectivity index (χ2v) is 5.15. The summed E-state index contributed by atoms with van der Waals surface area (Å²) in [5.41, 5.74) is 7.80. The Morgan fingerprint density at radius 1 is 1.20 bits per heavy atom. The molecule has 0 heterocycles. The fraction of sp³-hybridized carbons (Fsp3) is 0.467. The number of hydrogen-bond acceptors (Lipinski definition) is 3. The minimum Gasteiger partial charge on any atom is -0.399 e. The first kappa shape index (κ1) is 16.0. The van der Waals surface area contributed by atoms with Gasteiger partial charge < -0.3 is 15.5 Å². The molecule has 0 aromatic heterocycles. The summed E-state index contributed by atoms with van der Waals surface area (Å²) >= 11 is 0. The molecule has 0 saturated carbocycles. The third kappa shape index (κ3) is 4.26. The molecule has 2 amide bonds. The quantitative estimate of drug-likeness (QED) is 0.830. The zero-order chi connectivity index (χ0) is 15.3. The third-order valence-corrected chi connectivity index (χ3v) is 2.95. The number of anilines is 1. The van der Waals surface area contributed by atoms with Crippen LogP contribution in [0.15, 0.2) is 18.2 Å². The highest BCUT2D eigenvalue weighted by molar-refractivity contribution is 5.97. The van der Waals surface area contributed by atoms with Crippen LogP contribution < -0.4 is 5.73 Å². The van der Waals surface area contributed by atoms with Gasteiger partial charge in [-0.2, -0.15) is 0 Å². The molecule has 0 radical (unpaired) electrons. The van der Waals surface area contributed by atoms with Gasteiger partial charge in [-0.25, -0.2) is 0 Å². The predicted octanol–water partition coefficient (Wildman–Crippen LogP) is 1.52. The normalized spacial score (nSPS) is 10.2. The maximum absolute atomic E-state index is 12.5. The van der Waals surface area contributed by atoms with E-state index in [0.29, 0.717) is 17.8 Å². The summed E-state index contributed by atoms with van der Waals surface area (Å²) in [6.45, 7) is 4.51. The Bertz CT molecular complexity index is 478. The van der Waals surface area contributed by atoms with Gasteiger partial charge in [-0.05, 0) is 37.1 Å². The average Bonchev–Trinajstić information content (AvgIpc) is 2.35. The molecule has 1 aromatic rings. The van der Waals surface area contributed by atoms with Crippen LogP contribution >= 0.6 is 0 Å². The van der Waals surface area contributed by atoms with Gasteiger partial charge in [0.15, 0.2) is 0 Å². The van der Waals surface area contributed by atoms with E-state index in [0.717, 1.165) is 12.0 Å². The molecule has 2 N–H and O–H groups in total. The van der Waals surface area contributed by atoms with Gasteiger partial charge in [0.05, 0.1) is 0 Å². The molecule has 20 heavy (non-hydrogen) atoms. The topological polar surface area (TPSA) is 66.6 Å². The van der Waals surface area contributed by atoms with E-state index < -0.39 is 0 Å². The van der Waals surface area contributed by atoms with Crippen LogP contribution in [0.4, 0.5) is 5.69 Å². The molecular formula is C15H23N3O2. The van der Waals surface area contributed by atoms with Crippen molar-refractivity contribution in [1.29, 1.82) is 0 Å². The standard InChI is InChI=1S/C15H23N3O2/c1-5-6-18(10-14(19)17(3)4)15(20)12-7-11(2)8-13(16)9-12/h7-9H,5-6,10,16H2,1-4H3. The van der Waals surface area contributed by atoms with E-state index in [1.807, 2.05) is 19.9 Å². The SMILES string of the molecule is CCCN(CC(=O)N(C)C)C(=O)c1cc(C)cc(N)c1. The van der Waals surface area contributed by atoms with Gasteiger partial charge in [-0.1, -0.05) is 6.92 Å². The lowest BCUT2D eigenvalue weighted by atomic mass is 10.1. The van der Waals surface area contributed by atoms with E-state index in [1.54, 1.807) is 31.1 Å². The van der Waals surface area contributed by atoms with Gasteiger partial charge in [-0.15, -0.1) is 0 Å². The van der Waals surface area contributed by atoms with Crippen molar-refractivity contribution in [3.05, 3.63) is 29.3 Å². The van der Waals surface area contributed by atoms with Crippen molar-refractivity contribution in [2.45, 2.75) is 20.3 Å². The van der Waals surface area contributed by atoms with Crippen molar-refractivity contribution in [2.75, 3.05) is 32.9 Å². The molecule has 0 fully saturated rings. The molecule has 0 aliphatic heterocycles. The molecule has 5 nitrogen and oxygen atoms in total. The van der Waals surface area contributed by atoms with Crippen LogP contribution in [0.1, 0.15) is 29.3 Å². The fourth-order valence-electron chi connectivity index (χ4n) is 1.95. The molecule has 110 valence electrons. The highest BCUT2D eigenvalue weighted by Gasteiger charge is 2.19. The average molecular weight is 277 g/mol. The van der Waals surface area contributed by atoms with Gasteiger partial charge in [0, 0.05) is 31.9 Å². The van der Waals surface area contributed by atoms with Crippen molar-refractivity contribution in [3.63, 3.8) is 0 Å². The molecule has 0 saturated heterocycles. The third-order valence-electron chi connectivity index (χ3n) is 2.95. The summed E-state index contributed by atoms with van der Waals surface area (Å²) in [5.74, 6) is -0.245. The number of hydrogen-bond donors (Lipinski definition) is 1. The number of likely N-dealkylation sites (N-methyl/N-ethyl adjacent to an activating group) is 1. The molecule has 0 spiro atoms. The number of nitrogen functional groups attached to an aromatic ring is 1. The second-order valence-electron chi connectivity index (χ2n) is 5.15. The van der Waals surface area contributed by atoms with Crippen molar-refractivity contribution >= 4 is 17.5 Å². The Morgan fingerprint density at radius 3 is 2.35 bits per heavy atom. The van der Waals surface area contributed by atoms with Crippen molar-refractivity contribution in [1.82, 2.24) is 9.80 Å². The van der Waals surface area contributed by atoms with Gasteiger partial charge in [0.25, 0.3) is 5.91 Å². The largest absolute Gasteiger partial charge is 0.399 e. The molecule has 0 unspecified atom stereocenters. The molecule has 0 atom stereocenters. The Kier molecular flexibility index (Phi) is 5.55. The smallest absolute Gasteiger partial charge is 0.254 e. The maximum Gasteiger partial charge on any atom is 0.254 e.